The highest BCUT2D eigenvalue weighted by atomic mass is 32.2. The molecule has 0 heterocycles. The summed E-state index contributed by atoms with van der Waals surface area (Å²) in [6.07, 6.45) is 1.79. The zero-order valence-corrected chi connectivity index (χ0v) is 14.4. The van der Waals surface area contributed by atoms with E-state index in [-0.39, 0.29) is 12.8 Å². The lowest BCUT2D eigenvalue weighted by Gasteiger charge is -2.18. The van der Waals surface area contributed by atoms with Gasteiger partial charge in [-0.2, -0.15) is 11.8 Å². The van der Waals surface area contributed by atoms with Crippen molar-refractivity contribution in [1.82, 2.24) is 10.6 Å². The Morgan fingerprint density at radius 3 is 2.42 bits per heavy atom. The summed E-state index contributed by atoms with van der Waals surface area (Å²) in [6, 6.07) is -2.02. The predicted octanol–water partition coefficient (Wildman–Crippen LogP) is -0.603. The fourth-order valence-electron chi connectivity index (χ4n) is 1.59. The van der Waals surface area contributed by atoms with E-state index in [9.17, 15) is 19.2 Å². The third-order valence-electron chi connectivity index (χ3n) is 2.99. The van der Waals surface area contributed by atoms with E-state index in [4.69, 9.17) is 15.9 Å². The molecule has 9 nitrogen and oxygen atoms in total. The number of nitrogens with two attached hydrogens (primary N) is 1. The van der Waals surface area contributed by atoms with E-state index in [1.807, 2.05) is 6.92 Å². The maximum Gasteiger partial charge on any atom is 0.322 e. The maximum absolute atomic E-state index is 12.0. The van der Waals surface area contributed by atoms with Gasteiger partial charge in [0.1, 0.15) is 18.6 Å². The first-order valence-electron chi connectivity index (χ1n) is 7.62. The summed E-state index contributed by atoms with van der Waals surface area (Å²) in [5.74, 6) is -2.34. The van der Waals surface area contributed by atoms with Crippen molar-refractivity contribution < 1.29 is 29.4 Å². The average molecular weight is 363 g/mol. The van der Waals surface area contributed by atoms with Crippen LogP contribution < -0.4 is 16.4 Å². The van der Waals surface area contributed by atoms with Gasteiger partial charge in [-0.05, 0) is 18.6 Å². The number of hydrogen-bond acceptors (Lipinski definition) is 6. The lowest BCUT2D eigenvalue weighted by atomic mass is 10.1. The lowest BCUT2D eigenvalue weighted by molar-refractivity contribution is -0.139. The van der Waals surface area contributed by atoms with Crippen LogP contribution >= 0.6 is 11.8 Å². The molecular weight excluding hydrogens is 338 g/mol. The number of rotatable bonds is 13. The van der Waals surface area contributed by atoms with E-state index >= 15 is 0 Å². The first-order valence-corrected chi connectivity index (χ1v) is 8.78. The van der Waals surface area contributed by atoms with Crippen molar-refractivity contribution in [2.75, 3.05) is 18.1 Å². The number of nitrogens with one attached hydrogen (secondary N) is 2. The number of carbonyl (C=O) groups is 4. The topological polar surface area (TPSA) is 159 Å². The first-order chi connectivity index (χ1) is 11.3. The van der Waals surface area contributed by atoms with Crippen LogP contribution in [0.3, 0.4) is 0 Å². The zero-order valence-electron chi connectivity index (χ0n) is 13.6. The highest BCUT2D eigenvalue weighted by molar-refractivity contribution is 7.99. The van der Waals surface area contributed by atoms with Crippen LogP contribution in [0.5, 0.6) is 0 Å². The molecule has 24 heavy (non-hydrogen) atoms. The van der Waals surface area contributed by atoms with Gasteiger partial charge in [-0.3, -0.25) is 19.2 Å². The Balaban J connectivity index is 4.49. The molecule has 0 radical (unpaired) electrons. The lowest BCUT2D eigenvalue weighted by Crippen LogP contribution is -2.49. The van der Waals surface area contributed by atoms with Gasteiger partial charge in [0.15, 0.2) is 0 Å². The van der Waals surface area contributed by atoms with Gasteiger partial charge < -0.3 is 26.6 Å². The minimum absolute atomic E-state index is 0.0480. The van der Waals surface area contributed by atoms with Gasteiger partial charge in [0.05, 0.1) is 0 Å². The second-order valence-corrected chi connectivity index (χ2v) is 6.29. The minimum Gasteiger partial charge on any atom is -0.480 e. The molecule has 0 spiro atoms. The van der Waals surface area contributed by atoms with Crippen LogP contribution in [0.25, 0.3) is 0 Å². The molecule has 0 bridgehead atoms. The zero-order chi connectivity index (χ0) is 18.5. The Morgan fingerprint density at radius 1 is 1.21 bits per heavy atom. The van der Waals surface area contributed by atoms with E-state index in [0.717, 1.165) is 18.6 Å². The molecule has 0 aromatic carbocycles. The highest BCUT2D eigenvalue weighted by Gasteiger charge is 2.22. The van der Waals surface area contributed by atoms with Gasteiger partial charge in [0, 0.05) is 12.2 Å². The van der Waals surface area contributed by atoms with E-state index in [2.05, 4.69) is 10.6 Å². The number of aliphatic carboxylic acids is 2. The molecule has 0 aliphatic rings. The van der Waals surface area contributed by atoms with Crippen LogP contribution in [0.15, 0.2) is 0 Å². The van der Waals surface area contributed by atoms with Crippen molar-refractivity contribution in [2.45, 2.75) is 44.7 Å². The molecule has 0 aromatic rings. The van der Waals surface area contributed by atoms with E-state index < -0.39 is 42.4 Å². The summed E-state index contributed by atoms with van der Waals surface area (Å²) in [6.45, 7) is 1.50. The third-order valence-corrected chi connectivity index (χ3v) is 4.14. The van der Waals surface area contributed by atoms with Crippen LogP contribution in [0.4, 0.5) is 0 Å². The molecule has 0 aliphatic heterocycles. The van der Waals surface area contributed by atoms with Crippen LogP contribution in [0.2, 0.25) is 0 Å². The Labute approximate surface area is 144 Å². The van der Waals surface area contributed by atoms with Crippen LogP contribution in [-0.2, 0) is 19.2 Å². The third kappa shape index (κ3) is 10.8. The second-order valence-electron chi connectivity index (χ2n) is 5.14. The fourth-order valence-corrected chi connectivity index (χ4v) is 2.72. The number of amides is 2. The molecule has 10 heteroatoms. The Kier molecular flexibility index (Phi) is 11.6. The molecule has 0 unspecified atom stereocenters. The number of carbonyl (C=O) groups excluding carboxylic acids is 2. The average Bonchev–Trinajstić information content (AvgIpc) is 2.52. The molecule has 0 saturated carbocycles. The van der Waals surface area contributed by atoms with Crippen molar-refractivity contribution >= 4 is 35.5 Å². The molecule has 2 atom stereocenters. The van der Waals surface area contributed by atoms with Crippen molar-refractivity contribution in [3.8, 4) is 0 Å². The van der Waals surface area contributed by atoms with Crippen molar-refractivity contribution in [2.24, 2.45) is 5.73 Å². The van der Waals surface area contributed by atoms with Gasteiger partial charge >= 0.3 is 11.9 Å². The molecule has 2 amide bonds. The smallest absolute Gasteiger partial charge is 0.322 e. The molecule has 0 fully saturated rings. The number of carboxylic acid groups (broad SMARTS) is 2. The Bertz CT molecular complexity index is 446. The molecule has 0 aliphatic carbocycles. The number of carboxylic acids is 2. The van der Waals surface area contributed by atoms with Gasteiger partial charge in [0.25, 0.3) is 0 Å². The standard InChI is InChI=1S/C14H25N3O6S/c1-2-3-6-24-8-10(13(21)16-7-12(19)20)17-11(18)5-4-9(15)14(22)23/h9-10H,2-8,15H2,1H3,(H,16,21)(H,17,18)(H,19,20)(H,22,23)/t9-,10+/m0/s1. The van der Waals surface area contributed by atoms with Gasteiger partial charge in [0.2, 0.25) is 11.8 Å². The molecule has 6 N–H and O–H groups in total. The van der Waals surface area contributed by atoms with Crippen LogP contribution in [-0.4, -0.2) is 64.1 Å². The monoisotopic (exact) mass is 363 g/mol. The summed E-state index contributed by atoms with van der Waals surface area (Å²) < 4.78 is 0. The number of unbranched alkanes of at least 4 members (excludes halogenated alkanes) is 1. The van der Waals surface area contributed by atoms with Crippen molar-refractivity contribution in [3.05, 3.63) is 0 Å². The number of thioether (sulfide) groups is 1. The molecule has 138 valence electrons. The first kappa shape index (κ1) is 22.2. The Hall–Kier alpha value is -1.81. The summed E-state index contributed by atoms with van der Waals surface area (Å²) in [7, 11) is 0. The fraction of sp³-hybridized carbons (Fsp3) is 0.714. The molecule has 0 rings (SSSR count). The second kappa shape index (κ2) is 12.6. The quantitative estimate of drug-likeness (QED) is 0.271. The minimum atomic E-state index is -1.20. The highest BCUT2D eigenvalue weighted by Crippen LogP contribution is 2.07. The van der Waals surface area contributed by atoms with E-state index in [1.54, 1.807) is 0 Å². The van der Waals surface area contributed by atoms with Gasteiger partial charge in [-0.1, -0.05) is 13.3 Å². The van der Waals surface area contributed by atoms with E-state index in [0.29, 0.717) is 5.75 Å². The molecular formula is C14H25N3O6S. The van der Waals surface area contributed by atoms with Crippen molar-refractivity contribution in [1.29, 1.82) is 0 Å². The molecule has 0 aromatic heterocycles. The summed E-state index contributed by atoms with van der Waals surface area (Å²) in [5, 5.41) is 22.0. The van der Waals surface area contributed by atoms with Crippen molar-refractivity contribution in [3.63, 3.8) is 0 Å². The van der Waals surface area contributed by atoms with Gasteiger partial charge in [-0.15, -0.1) is 0 Å². The van der Waals surface area contributed by atoms with Crippen LogP contribution in [0.1, 0.15) is 32.6 Å². The van der Waals surface area contributed by atoms with Crippen LogP contribution in [0, 0.1) is 0 Å². The predicted molar refractivity (Wildman–Crippen MR) is 89.7 cm³/mol. The Morgan fingerprint density at radius 2 is 1.88 bits per heavy atom. The summed E-state index contributed by atoms with van der Waals surface area (Å²) in [4.78, 5) is 44.9. The molecule has 0 saturated heterocycles. The SMILES string of the molecule is CCCCSC[C@@H](NC(=O)CC[C@H](N)C(=O)O)C(=O)NCC(=O)O. The van der Waals surface area contributed by atoms with E-state index in [1.165, 1.54) is 11.8 Å². The number of hydrogen-bond donors (Lipinski definition) is 5. The summed E-state index contributed by atoms with van der Waals surface area (Å²) >= 11 is 1.48. The maximum atomic E-state index is 12.0. The van der Waals surface area contributed by atoms with Gasteiger partial charge in [-0.25, -0.2) is 0 Å². The summed E-state index contributed by atoms with van der Waals surface area (Å²) in [5.41, 5.74) is 5.32. The largest absolute Gasteiger partial charge is 0.480 e. The normalized spacial score (nSPS) is 12.9.